The van der Waals surface area contributed by atoms with Gasteiger partial charge in [0.05, 0.1) is 31.3 Å². The maximum atomic E-state index is 13.5. The first-order valence-corrected chi connectivity index (χ1v) is 21.8. The van der Waals surface area contributed by atoms with Crippen LogP contribution in [0.3, 0.4) is 0 Å². The van der Waals surface area contributed by atoms with Gasteiger partial charge in [-0.05, 0) is 67.9 Å². The first-order valence-electron chi connectivity index (χ1n) is 15.9. The number of unbranched alkanes of at least 4 members (excludes halogenated alkanes) is 2. The van der Waals surface area contributed by atoms with Gasteiger partial charge in [-0.2, -0.15) is 0 Å². The summed E-state index contributed by atoms with van der Waals surface area (Å²) in [5, 5.41) is 11.5. The van der Waals surface area contributed by atoms with E-state index in [0.717, 1.165) is 32.1 Å². The third-order valence-electron chi connectivity index (χ3n) is 9.72. The van der Waals surface area contributed by atoms with Crippen LogP contribution in [0.25, 0.3) is 0 Å². The summed E-state index contributed by atoms with van der Waals surface area (Å²) in [5.74, 6) is -0.217. The number of rotatable bonds is 16. The second kappa shape index (κ2) is 15.8. The topological polar surface area (TPSA) is 82.1 Å². The second-order valence-electron chi connectivity index (χ2n) is 15.7. The molecule has 1 fully saturated rings. The normalized spacial score (nSPS) is 22.5. The molecular weight excluding hydrogens is 549 g/mol. The molecular formula is C33H64O6Si2. The summed E-state index contributed by atoms with van der Waals surface area (Å²) in [6, 6.07) is 0. The molecule has 0 spiro atoms. The first-order chi connectivity index (χ1) is 18.6. The Morgan fingerprint density at radius 3 is 2.05 bits per heavy atom. The van der Waals surface area contributed by atoms with Crippen LogP contribution in [0.4, 0.5) is 0 Å². The monoisotopic (exact) mass is 612 g/mol. The van der Waals surface area contributed by atoms with Gasteiger partial charge in [-0.3, -0.25) is 9.59 Å². The molecule has 6 nitrogen and oxygen atoms in total. The quantitative estimate of drug-likeness (QED) is 0.0815. The van der Waals surface area contributed by atoms with Gasteiger partial charge in [-0.1, -0.05) is 80.4 Å². The first kappa shape index (κ1) is 38.2. The smallest absolute Gasteiger partial charge is 0.305 e. The van der Waals surface area contributed by atoms with Gasteiger partial charge in [0, 0.05) is 18.8 Å². The number of aliphatic hydroxyl groups excluding tert-OH is 1. The van der Waals surface area contributed by atoms with Crippen LogP contribution in [0.2, 0.25) is 36.3 Å². The molecule has 1 aliphatic carbocycles. The molecule has 1 N–H and O–H groups in total. The molecule has 0 heterocycles. The van der Waals surface area contributed by atoms with Crippen molar-refractivity contribution in [3.8, 4) is 0 Å². The van der Waals surface area contributed by atoms with Crippen molar-refractivity contribution in [2.45, 2.75) is 161 Å². The van der Waals surface area contributed by atoms with Gasteiger partial charge in [0.25, 0.3) is 0 Å². The van der Waals surface area contributed by atoms with Gasteiger partial charge in [-0.15, -0.1) is 0 Å². The minimum Gasteiger partial charge on any atom is -0.469 e. The van der Waals surface area contributed by atoms with E-state index in [4.69, 9.17) is 13.6 Å². The molecule has 41 heavy (non-hydrogen) atoms. The van der Waals surface area contributed by atoms with Gasteiger partial charge < -0.3 is 18.7 Å². The Bertz CT molecular complexity index is 853. The molecule has 0 amide bonds. The Kier molecular flexibility index (Phi) is 14.7. The largest absolute Gasteiger partial charge is 0.469 e. The molecule has 0 aromatic carbocycles. The average Bonchev–Trinajstić information content (AvgIpc) is 3.12. The maximum absolute atomic E-state index is 13.5. The Morgan fingerprint density at radius 2 is 1.54 bits per heavy atom. The van der Waals surface area contributed by atoms with Crippen LogP contribution in [0.5, 0.6) is 0 Å². The molecule has 0 aromatic rings. The summed E-state index contributed by atoms with van der Waals surface area (Å²) in [5.41, 5.74) is 0. The molecule has 0 saturated heterocycles. The molecule has 240 valence electrons. The third kappa shape index (κ3) is 12.0. The summed E-state index contributed by atoms with van der Waals surface area (Å²) in [7, 11) is -2.75. The van der Waals surface area contributed by atoms with Gasteiger partial charge >= 0.3 is 5.97 Å². The second-order valence-corrected chi connectivity index (χ2v) is 25.2. The molecule has 0 aromatic heterocycles. The lowest BCUT2D eigenvalue weighted by atomic mass is 9.86. The predicted octanol–water partition coefficient (Wildman–Crippen LogP) is 8.45. The van der Waals surface area contributed by atoms with Crippen LogP contribution < -0.4 is 0 Å². The molecule has 1 saturated carbocycles. The molecule has 5 atom stereocenters. The van der Waals surface area contributed by atoms with E-state index < -0.39 is 28.7 Å². The van der Waals surface area contributed by atoms with Crippen molar-refractivity contribution in [1.29, 1.82) is 0 Å². The summed E-state index contributed by atoms with van der Waals surface area (Å²) in [4.78, 5) is 24.9. The van der Waals surface area contributed by atoms with E-state index in [1.807, 2.05) is 0 Å². The highest BCUT2D eigenvalue weighted by molar-refractivity contribution is 6.74. The molecule has 1 rings (SSSR count). The minimum atomic E-state index is -2.14. The number of carbonyl (C=O) groups is 2. The molecule has 1 aliphatic rings. The van der Waals surface area contributed by atoms with Crippen LogP contribution in [0.15, 0.2) is 12.2 Å². The van der Waals surface area contributed by atoms with Gasteiger partial charge in [0.15, 0.2) is 16.6 Å². The number of hydrogen-bond donors (Lipinski definition) is 1. The Hall–Kier alpha value is -0.806. The molecule has 0 radical (unpaired) electrons. The summed E-state index contributed by atoms with van der Waals surface area (Å²) >= 11 is 0. The highest BCUT2D eigenvalue weighted by Gasteiger charge is 2.49. The molecule has 0 aliphatic heterocycles. The molecule has 8 heteroatoms. The SMILES string of the molecule is COC(=O)CCCCCC(O)[C@H]1C(=O)CC(O[Si](C)(C)C(C)(C)C)[C@@H]1C=CC(CCC(C)C)O[Si](C)(C)C(C)(C)C. The van der Waals surface area contributed by atoms with Crippen molar-refractivity contribution in [2.75, 3.05) is 7.11 Å². The van der Waals surface area contributed by atoms with Crippen LogP contribution in [-0.4, -0.2) is 58.9 Å². The maximum Gasteiger partial charge on any atom is 0.305 e. The van der Waals surface area contributed by atoms with E-state index in [1.165, 1.54) is 7.11 Å². The number of carbonyl (C=O) groups excluding carboxylic acids is 2. The van der Waals surface area contributed by atoms with Crippen LogP contribution >= 0.6 is 0 Å². The summed E-state index contributed by atoms with van der Waals surface area (Å²) in [6.45, 7) is 27.0. The van der Waals surface area contributed by atoms with E-state index in [1.54, 1.807) is 0 Å². The van der Waals surface area contributed by atoms with E-state index in [0.29, 0.717) is 25.2 Å². The Morgan fingerprint density at radius 1 is 0.951 bits per heavy atom. The van der Waals surface area contributed by atoms with Crippen LogP contribution in [0, 0.1) is 17.8 Å². The fraction of sp³-hybridized carbons (Fsp3) is 0.879. The van der Waals surface area contributed by atoms with Crippen molar-refractivity contribution in [1.82, 2.24) is 0 Å². The molecule has 3 unspecified atom stereocenters. The number of aliphatic hydroxyl groups is 1. The Labute approximate surface area is 254 Å². The lowest BCUT2D eigenvalue weighted by Crippen LogP contribution is -2.45. The fourth-order valence-electron chi connectivity index (χ4n) is 4.89. The standard InChI is InChI=1S/C33H64O6Si2/c1-24(2)19-20-25(38-40(10,11)32(3,4)5)21-22-26-29(39-41(12,13)33(6,7)8)23-28(35)31(26)27(34)17-15-14-16-18-30(36)37-9/h21-22,24-27,29,31,34H,14-20,23H2,1-13H3/t25?,26-,27?,29?,31-/m0/s1. The lowest BCUT2D eigenvalue weighted by Gasteiger charge is -2.40. The van der Waals surface area contributed by atoms with Crippen molar-refractivity contribution in [3.05, 3.63) is 12.2 Å². The summed E-state index contributed by atoms with van der Waals surface area (Å²) in [6.07, 6.45) is 8.89. The van der Waals surface area contributed by atoms with E-state index in [9.17, 15) is 14.7 Å². The third-order valence-corrected chi connectivity index (χ3v) is 18.7. The van der Waals surface area contributed by atoms with E-state index >= 15 is 0 Å². The number of hydrogen-bond acceptors (Lipinski definition) is 6. The van der Waals surface area contributed by atoms with Gasteiger partial charge in [0.2, 0.25) is 0 Å². The van der Waals surface area contributed by atoms with E-state index in [-0.39, 0.29) is 40.0 Å². The highest BCUT2D eigenvalue weighted by atomic mass is 28.4. The zero-order chi connectivity index (χ0) is 31.8. The molecule has 0 bridgehead atoms. The lowest BCUT2D eigenvalue weighted by molar-refractivity contribution is -0.140. The van der Waals surface area contributed by atoms with Gasteiger partial charge in [0.1, 0.15) is 5.78 Å². The predicted molar refractivity (Wildman–Crippen MR) is 175 cm³/mol. The summed E-state index contributed by atoms with van der Waals surface area (Å²) < 4.78 is 18.5. The van der Waals surface area contributed by atoms with E-state index in [2.05, 4.69) is 93.7 Å². The number of methoxy groups -OCH3 is 1. The van der Waals surface area contributed by atoms with Crippen molar-refractivity contribution >= 4 is 28.4 Å². The zero-order valence-electron chi connectivity index (χ0n) is 28.8. The number of ether oxygens (including phenoxy) is 1. The van der Waals surface area contributed by atoms with Crippen LogP contribution in [-0.2, 0) is 23.2 Å². The number of Topliss-reactive ketones (excluding diaryl/α,β-unsaturated/α-hetero) is 1. The van der Waals surface area contributed by atoms with Crippen molar-refractivity contribution in [3.63, 3.8) is 0 Å². The fourth-order valence-corrected chi connectivity index (χ4v) is 7.54. The van der Waals surface area contributed by atoms with Gasteiger partial charge in [-0.25, -0.2) is 0 Å². The van der Waals surface area contributed by atoms with Crippen LogP contribution in [0.1, 0.15) is 107 Å². The highest BCUT2D eigenvalue weighted by Crippen LogP contribution is 2.44. The number of ketones is 1. The number of esters is 1. The van der Waals surface area contributed by atoms with Crippen molar-refractivity contribution in [2.24, 2.45) is 17.8 Å². The average molecular weight is 613 g/mol. The Balaban J connectivity index is 3.26. The van der Waals surface area contributed by atoms with Crippen molar-refractivity contribution < 1.29 is 28.3 Å². The minimum absolute atomic E-state index is 0.0197. The zero-order valence-corrected chi connectivity index (χ0v) is 30.8.